The molecule has 0 saturated carbocycles. The molecule has 0 unspecified atom stereocenters. The second-order valence-electron chi connectivity index (χ2n) is 8.30. The Morgan fingerprint density at radius 3 is 2.53 bits per heavy atom. The summed E-state index contributed by atoms with van der Waals surface area (Å²) in [6.07, 6.45) is 2.45. The van der Waals surface area contributed by atoms with Gasteiger partial charge < -0.3 is 5.32 Å². The number of piperidine rings is 1. The van der Waals surface area contributed by atoms with Crippen LogP contribution >= 0.6 is 0 Å². The maximum Gasteiger partial charge on any atom is 0.251 e. The van der Waals surface area contributed by atoms with Crippen LogP contribution in [0.1, 0.15) is 40.7 Å². The first kappa shape index (κ1) is 20.9. The molecule has 2 aliphatic heterocycles. The third kappa shape index (κ3) is 4.84. The van der Waals surface area contributed by atoms with Gasteiger partial charge in [0.2, 0.25) is 10.0 Å². The number of nitrogens with zero attached hydrogens (tertiary/aromatic N) is 2. The number of amides is 1. The number of aryl methyl sites for hydroxylation is 1. The second-order valence-corrected chi connectivity index (χ2v) is 10.3. The minimum Gasteiger partial charge on any atom is -0.349 e. The molecular weight excluding hydrogens is 398 g/mol. The predicted octanol–water partition coefficient (Wildman–Crippen LogP) is 2.93. The molecule has 2 fully saturated rings. The third-order valence-corrected chi connectivity index (χ3v) is 7.78. The summed E-state index contributed by atoms with van der Waals surface area (Å²) in [5, 5.41) is 3.13. The maximum absolute atomic E-state index is 12.8. The van der Waals surface area contributed by atoms with Crippen molar-refractivity contribution < 1.29 is 13.2 Å². The van der Waals surface area contributed by atoms with Gasteiger partial charge in [0.1, 0.15) is 0 Å². The number of rotatable bonds is 5. The first-order chi connectivity index (χ1) is 14.4. The summed E-state index contributed by atoms with van der Waals surface area (Å²) in [7, 11) is -3.25. The number of nitrogens with one attached hydrogen (secondary N) is 1. The number of benzene rings is 2. The van der Waals surface area contributed by atoms with E-state index in [4.69, 9.17) is 0 Å². The lowest BCUT2D eigenvalue weighted by molar-refractivity contribution is 0.0909. The molecule has 2 aromatic carbocycles. The van der Waals surface area contributed by atoms with Crippen LogP contribution in [0.4, 0.5) is 5.69 Å². The van der Waals surface area contributed by atoms with Crippen LogP contribution in [0.25, 0.3) is 0 Å². The number of hydrogen-bond acceptors (Lipinski definition) is 4. The molecule has 0 aromatic heterocycles. The summed E-state index contributed by atoms with van der Waals surface area (Å²) < 4.78 is 25.7. The van der Waals surface area contributed by atoms with Crippen LogP contribution in [-0.2, 0) is 16.6 Å². The van der Waals surface area contributed by atoms with Gasteiger partial charge in [0.05, 0.1) is 11.4 Å². The molecular formula is C23H29N3O3S. The minimum atomic E-state index is -3.25. The quantitative estimate of drug-likeness (QED) is 0.797. The normalized spacial score (nSPS) is 19.7. The van der Waals surface area contributed by atoms with E-state index in [1.807, 2.05) is 0 Å². The predicted molar refractivity (Wildman–Crippen MR) is 119 cm³/mol. The summed E-state index contributed by atoms with van der Waals surface area (Å²) in [5.74, 6) is 0.0375. The number of carbonyl (C=O) groups is 1. The molecule has 2 aliphatic rings. The van der Waals surface area contributed by atoms with E-state index in [-0.39, 0.29) is 17.7 Å². The Hall–Kier alpha value is -2.38. The number of carbonyl (C=O) groups excluding carboxylic acids is 1. The number of sulfonamides is 1. The molecule has 30 heavy (non-hydrogen) atoms. The molecule has 7 heteroatoms. The first-order valence-electron chi connectivity index (χ1n) is 10.6. The number of hydrogen-bond donors (Lipinski definition) is 1. The van der Waals surface area contributed by atoms with Crippen molar-refractivity contribution in [2.45, 2.75) is 38.8 Å². The van der Waals surface area contributed by atoms with Crippen LogP contribution in [-0.4, -0.2) is 50.7 Å². The number of anilines is 1. The van der Waals surface area contributed by atoms with Gasteiger partial charge in [-0.25, -0.2) is 8.42 Å². The summed E-state index contributed by atoms with van der Waals surface area (Å²) in [6.45, 7) is 5.43. The zero-order valence-corrected chi connectivity index (χ0v) is 18.2. The Morgan fingerprint density at radius 2 is 1.83 bits per heavy atom. The molecule has 2 heterocycles. The summed E-state index contributed by atoms with van der Waals surface area (Å²) in [6, 6.07) is 15.7. The summed E-state index contributed by atoms with van der Waals surface area (Å²) >= 11 is 0. The SMILES string of the molecule is Cc1cccc(CN2CCC(NC(=O)c3cccc(N4CCCS4(=O)=O)c3)CC2)c1. The average molecular weight is 428 g/mol. The van der Waals surface area contributed by atoms with Crippen molar-refractivity contribution in [1.82, 2.24) is 10.2 Å². The van der Waals surface area contributed by atoms with E-state index in [1.54, 1.807) is 24.3 Å². The molecule has 0 bridgehead atoms. The molecule has 0 spiro atoms. The zero-order chi connectivity index (χ0) is 21.1. The van der Waals surface area contributed by atoms with E-state index in [1.165, 1.54) is 15.4 Å². The molecule has 160 valence electrons. The van der Waals surface area contributed by atoms with E-state index in [2.05, 4.69) is 41.4 Å². The van der Waals surface area contributed by atoms with Gasteiger partial charge in [0, 0.05) is 37.8 Å². The fourth-order valence-corrected chi connectivity index (χ4v) is 5.86. The van der Waals surface area contributed by atoms with Crippen molar-refractivity contribution in [2.75, 3.05) is 29.7 Å². The van der Waals surface area contributed by atoms with Crippen LogP contribution in [0.3, 0.4) is 0 Å². The lowest BCUT2D eigenvalue weighted by Gasteiger charge is -2.32. The fraction of sp³-hybridized carbons (Fsp3) is 0.435. The molecule has 0 atom stereocenters. The van der Waals surface area contributed by atoms with Crippen molar-refractivity contribution in [3.05, 3.63) is 65.2 Å². The van der Waals surface area contributed by atoms with E-state index in [0.717, 1.165) is 32.5 Å². The van der Waals surface area contributed by atoms with Gasteiger partial charge in [-0.3, -0.25) is 14.0 Å². The molecule has 2 saturated heterocycles. The van der Waals surface area contributed by atoms with Crippen LogP contribution in [0, 0.1) is 6.92 Å². The van der Waals surface area contributed by atoms with Gasteiger partial charge in [-0.05, 0) is 49.9 Å². The van der Waals surface area contributed by atoms with Crippen LogP contribution < -0.4 is 9.62 Å². The monoisotopic (exact) mass is 427 g/mol. The standard InChI is InChI=1S/C23H29N3O3S/c1-18-5-2-6-19(15-18)17-25-12-9-21(10-13-25)24-23(27)20-7-3-8-22(16-20)26-11-4-14-30(26,28)29/h2-3,5-8,15-16,21H,4,9-14,17H2,1H3,(H,24,27). The second kappa shape index (κ2) is 8.78. The van der Waals surface area contributed by atoms with Crippen molar-refractivity contribution in [2.24, 2.45) is 0 Å². The Labute approximate surface area is 178 Å². The van der Waals surface area contributed by atoms with E-state index >= 15 is 0 Å². The molecule has 6 nitrogen and oxygen atoms in total. The molecule has 0 radical (unpaired) electrons. The lowest BCUT2D eigenvalue weighted by Crippen LogP contribution is -2.44. The highest BCUT2D eigenvalue weighted by molar-refractivity contribution is 7.93. The van der Waals surface area contributed by atoms with Crippen LogP contribution in [0.2, 0.25) is 0 Å². The average Bonchev–Trinajstić information content (AvgIpc) is 3.08. The van der Waals surface area contributed by atoms with Gasteiger partial charge in [0.25, 0.3) is 5.91 Å². The fourth-order valence-electron chi connectivity index (χ4n) is 4.30. The van der Waals surface area contributed by atoms with E-state index in [9.17, 15) is 13.2 Å². The topological polar surface area (TPSA) is 69.7 Å². The van der Waals surface area contributed by atoms with Gasteiger partial charge in [-0.2, -0.15) is 0 Å². The van der Waals surface area contributed by atoms with Crippen molar-refractivity contribution >= 4 is 21.6 Å². The van der Waals surface area contributed by atoms with Gasteiger partial charge >= 0.3 is 0 Å². The van der Waals surface area contributed by atoms with Gasteiger partial charge in [0.15, 0.2) is 0 Å². The Kier molecular flexibility index (Phi) is 6.11. The molecule has 0 aliphatic carbocycles. The molecule has 4 rings (SSSR count). The highest BCUT2D eigenvalue weighted by Gasteiger charge is 2.29. The van der Waals surface area contributed by atoms with Crippen molar-refractivity contribution in [1.29, 1.82) is 0 Å². The maximum atomic E-state index is 12.8. The van der Waals surface area contributed by atoms with Crippen LogP contribution in [0.15, 0.2) is 48.5 Å². The Balaban J connectivity index is 1.32. The Morgan fingerprint density at radius 1 is 1.07 bits per heavy atom. The Bertz CT molecular complexity index is 1010. The highest BCUT2D eigenvalue weighted by Crippen LogP contribution is 2.25. The summed E-state index contributed by atoms with van der Waals surface area (Å²) in [4.78, 5) is 15.2. The molecule has 1 N–H and O–H groups in total. The minimum absolute atomic E-state index is 0.134. The number of likely N-dealkylation sites (tertiary alicyclic amines) is 1. The summed E-state index contributed by atoms with van der Waals surface area (Å²) in [5.41, 5.74) is 3.69. The van der Waals surface area contributed by atoms with E-state index < -0.39 is 10.0 Å². The largest absolute Gasteiger partial charge is 0.349 e. The molecule has 1 amide bonds. The van der Waals surface area contributed by atoms with Crippen molar-refractivity contribution in [3.8, 4) is 0 Å². The smallest absolute Gasteiger partial charge is 0.251 e. The van der Waals surface area contributed by atoms with Crippen LogP contribution in [0.5, 0.6) is 0 Å². The lowest BCUT2D eigenvalue weighted by atomic mass is 10.0. The van der Waals surface area contributed by atoms with E-state index in [0.29, 0.717) is 24.2 Å². The van der Waals surface area contributed by atoms with Gasteiger partial charge in [-0.15, -0.1) is 0 Å². The third-order valence-electron chi connectivity index (χ3n) is 5.91. The highest BCUT2D eigenvalue weighted by atomic mass is 32.2. The van der Waals surface area contributed by atoms with Crippen molar-refractivity contribution in [3.63, 3.8) is 0 Å². The molecule has 2 aromatic rings. The van der Waals surface area contributed by atoms with Gasteiger partial charge in [-0.1, -0.05) is 35.9 Å². The first-order valence-corrected chi connectivity index (χ1v) is 12.2. The zero-order valence-electron chi connectivity index (χ0n) is 17.4.